The zero-order valence-electron chi connectivity index (χ0n) is 11.9. The van der Waals surface area contributed by atoms with Crippen molar-refractivity contribution in [2.24, 2.45) is 7.05 Å². The molecular weight excluding hydrogens is 322 g/mol. The summed E-state index contributed by atoms with van der Waals surface area (Å²) in [6, 6.07) is 1.56. The van der Waals surface area contributed by atoms with Gasteiger partial charge in [-0.25, -0.2) is 4.68 Å². The molecular formula is C13H18BrN5O. The molecule has 7 heteroatoms. The van der Waals surface area contributed by atoms with E-state index in [0.717, 1.165) is 34.5 Å². The van der Waals surface area contributed by atoms with Crippen molar-refractivity contribution in [2.45, 2.75) is 26.8 Å². The van der Waals surface area contributed by atoms with Gasteiger partial charge in [-0.2, -0.15) is 10.2 Å². The third-order valence-electron chi connectivity index (χ3n) is 3.05. The predicted octanol–water partition coefficient (Wildman–Crippen LogP) is 1.78. The van der Waals surface area contributed by atoms with Crippen molar-refractivity contribution in [3.63, 3.8) is 0 Å². The largest absolute Gasteiger partial charge is 0.384 e. The van der Waals surface area contributed by atoms with E-state index in [9.17, 15) is 4.79 Å². The fourth-order valence-electron chi connectivity index (χ4n) is 1.99. The molecule has 0 radical (unpaired) electrons. The van der Waals surface area contributed by atoms with Gasteiger partial charge < -0.3 is 5.32 Å². The van der Waals surface area contributed by atoms with Gasteiger partial charge in [0.25, 0.3) is 5.56 Å². The van der Waals surface area contributed by atoms with Gasteiger partial charge in [0.1, 0.15) is 0 Å². The van der Waals surface area contributed by atoms with E-state index in [1.54, 1.807) is 16.9 Å². The van der Waals surface area contributed by atoms with Gasteiger partial charge in [-0.15, -0.1) is 0 Å². The molecule has 0 spiro atoms. The van der Waals surface area contributed by atoms with Crippen LogP contribution >= 0.6 is 15.9 Å². The molecule has 0 bridgehead atoms. The minimum Gasteiger partial charge on any atom is -0.384 e. The number of hydrogen-bond acceptors (Lipinski definition) is 4. The van der Waals surface area contributed by atoms with Crippen molar-refractivity contribution >= 4 is 21.6 Å². The molecule has 2 rings (SSSR count). The van der Waals surface area contributed by atoms with Gasteiger partial charge >= 0.3 is 0 Å². The molecule has 0 aliphatic rings. The summed E-state index contributed by atoms with van der Waals surface area (Å²) in [4.78, 5) is 12.0. The number of nitrogens with one attached hydrogen (secondary N) is 1. The Balaban J connectivity index is 2.31. The topological polar surface area (TPSA) is 64.7 Å². The van der Waals surface area contributed by atoms with Crippen molar-refractivity contribution in [3.05, 3.63) is 38.5 Å². The molecule has 0 saturated heterocycles. The molecule has 0 aliphatic carbocycles. The van der Waals surface area contributed by atoms with E-state index in [-0.39, 0.29) is 5.56 Å². The minimum atomic E-state index is -0.130. The molecule has 20 heavy (non-hydrogen) atoms. The maximum atomic E-state index is 12.0. The number of nitrogens with zero attached hydrogens (tertiary/aromatic N) is 4. The van der Waals surface area contributed by atoms with Crippen LogP contribution in [0.1, 0.15) is 25.2 Å². The average molecular weight is 340 g/mol. The third-order valence-corrected chi connectivity index (χ3v) is 3.97. The molecule has 1 N–H and O–H groups in total. The monoisotopic (exact) mass is 339 g/mol. The van der Waals surface area contributed by atoms with Crippen LogP contribution in [-0.4, -0.2) is 26.1 Å². The summed E-state index contributed by atoms with van der Waals surface area (Å²) in [5.41, 5.74) is 2.54. The number of hydrogen-bond donors (Lipinski definition) is 1. The normalized spacial score (nSPS) is 10.8. The second kappa shape index (κ2) is 6.21. The zero-order valence-corrected chi connectivity index (χ0v) is 13.4. The molecule has 6 nitrogen and oxygen atoms in total. The van der Waals surface area contributed by atoms with E-state index in [0.29, 0.717) is 6.54 Å². The van der Waals surface area contributed by atoms with Crippen LogP contribution in [0, 0.1) is 0 Å². The first-order valence-electron chi connectivity index (χ1n) is 6.58. The highest BCUT2D eigenvalue weighted by Gasteiger charge is 2.13. The van der Waals surface area contributed by atoms with Crippen LogP contribution in [0.3, 0.4) is 0 Å². The van der Waals surface area contributed by atoms with Crippen LogP contribution in [0.2, 0.25) is 0 Å². The lowest BCUT2D eigenvalue weighted by Gasteiger charge is -2.07. The molecule has 0 unspecified atom stereocenters. The van der Waals surface area contributed by atoms with E-state index in [4.69, 9.17) is 0 Å². The van der Waals surface area contributed by atoms with Crippen LogP contribution < -0.4 is 10.9 Å². The highest BCUT2D eigenvalue weighted by atomic mass is 79.9. The second-order valence-electron chi connectivity index (χ2n) is 4.45. The molecule has 108 valence electrons. The molecule has 0 aliphatic heterocycles. The lowest BCUT2D eigenvalue weighted by molar-refractivity contribution is 0.589. The fourth-order valence-corrected chi connectivity index (χ4v) is 2.73. The van der Waals surface area contributed by atoms with E-state index >= 15 is 0 Å². The zero-order chi connectivity index (χ0) is 14.7. The SMILES string of the molecule is CCNc1cnn(Cc2c(Br)c(CC)nn2C)c(=O)c1. The Labute approximate surface area is 125 Å². The quantitative estimate of drug-likeness (QED) is 0.901. The predicted molar refractivity (Wildman–Crippen MR) is 82.0 cm³/mol. The van der Waals surface area contributed by atoms with E-state index in [1.165, 1.54) is 4.68 Å². The summed E-state index contributed by atoms with van der Waals surface area (Å²) in [5.74, 6) is 0. The number of halogens is 1. The highest BCUT2D eigenvalue weighted by Crippen LogP contribution is 2.21. The summed E-state index contributed by atoms with van der Waals surface area (Å²) in [6.07, 6.45) is 2.51. The van der Waals surface area contributed by atoms with E-state index in [2.05, 4.69) is 31.4 Å². The summed E-state index contributed by atoms with van der Waals surface area (Å²) in [6.45, 7) is 5.19. The Morgan fingerprint density at radius 3 is 2.70 bits per heavy atom. The van der Waals surface area contributed by atoms with E-state index in [1.807, 2.05) is 20.9 Å². The Morgan fingerprint density at radius 2 is 2.15 bits per heavy atom. The van der Waals surface area contributed by atoms with Crippen molar-refractivity contribution in [1.29, 1.82) is 0 Å². The van der Waals surface area contributed by atoms with Gasteiger partial charge in [0.15, 0.2) is 0 Å². The number of aryl methyl sites for hydroxylation is 2. The molecule has 2 heterocycles. The third kappa shape index (κ3) is 2.92. The molecule has 0 saturated carbocycles. The van der Waals surface area contributed by atoms with Crippen LogP contribution in [0.25, 0.3) is 0 Å². The molecule has 2 aromatic rings. The maximum Gasteiger partial charge on any atom is 0.269 e. The Kier molecular flexibility index (Phi) is 4.59. The van der Waals surface area contributed by atoms with Gasteiger partial charge in [0, 0.05) is 19.7 Å². The van der Waals surface area contributed by atoms with Gasteiger partial charge in [0.05, 0.1) is 34.3 Å². The van der Waals surface area contributed by atoms with Crippen molar-refractivity contribution < 1.29 is 0 Å². The molecule has 0 atom stereocenters. The molecule has 0 aromatic carbocycles. The Bertz CT molecular complexity index is 661. The van der Waals surface area contributed by atoms with Gasteiger partial charge in [-0.3, -0.25) is 9.48 Å². The van der Waals surface area contributed by atoms with Crippen LogP contribution in [0.15, 0.2) is 21.5 Å². The van der Waals surface area contributed by atoms with Crippen molar-refractivity contribution in [2.75, 3.05) is 11.9 Å². The summed E-state index contributed by atoms with van der Waals surface area (Å²) < 4.78 is 4.17. The first-order chi connectivity index (χ1) is 9.56. The Morgan fingerprint density at radius 1 is 1.40 bits per heavy atom. The number of aromatic nitrogens is 4. The standard InChI is InChI=1S/C13H18BrN5O/c1-4-10-13(14)11(18(3)17-10)8-19-12(20)6-9(7-16-19)15-5-2/h6-7,15H,4-5,8H2,1-3H3. The molecule has 0 fully saturated rings. The second-order valence-corrected chi connectivity index (χ2v) is 5.25. The number of anilines is 1. The fraction of sp³-hybridized carbons (Fsp3) is 0.462. The van der Waals surface area contributed by atoms with E-state index < -0.39 is 0 Å². The van der Waals surface area contributed by atoms with Crippen LogP contribution in [0.5, 0.6) is 0 Å². The minimum absolute atomic E-state index is 0.130. The van der Waals surface area contributed by atoms with Crippen LogP contribution in [-0.2, 0) is 20.0 Å². The van der Waals surface area contributed by atoms with Crippen molar-refractivity contribution in [3.8, 4) is 0 Å². The average Bonchev–Trinajstić information content (AvgIpc) is 2.69. The van der Waals surface area contributed by atoms with Gasteiger partial charge in [-0.1, -0.05) is 6.92 Å². The summed E-state index contributed by atoms with van der Waals surface area (Å²) in [7, 11) is 1.87. The summed E-state index contributed by atoms with van der Waals surface area (Å²) >= 11 is 3.54. The lowest BCUT2D eigenvalue weighted by Crippen LogP contribution is -2.24. The smallest absolute Gasteiger partial charge is 0.269 e. The van der Waals surface area contributed by atoms with Crippen molar-refractivity contribution in [1.82, 2.24) is 19.6 Å². The lowest BCUT2D eigenvalue weighted by atomic mass is 10.3. The van der Waals surface area contributed by atoms with Gasteiger partial charge in [-0.05, 0) is 29.3 Å². The Hall–Kier alpha value is -1.63. The highest BCUT2D eigenvalue weighted by molar-refractivity contribution is 9.10. The first-order valence-corrected chi connectivity index (χ1v) is 7.37. The number of rotatable bonds is 5. The van der Waals surface area contributed by atoms with Crippen LogP contribution in [0.4, 0.5) is 5.69 Å². The first kappa shape index (κ1) is 14.8. The summed E-state index contributed by atoms with van der Waals surface area (Å²) in [5, 5.41) is 11.7. The molecule has 0 amide bonds. The van der Waals surface area contributed by atoms with Gasteiger partial charge in [0.2, 0.25) is 0 Å². The maximum absolute atomic E-state index is 12.0. The molecule has 2 aromatic heterocycles.